The van der Waals surface area contributed by atoms with E-state index in [2.05, 4.69) is 190 Å². The Labute approximate surface area is 380 Å². The average molecular weight is 844 g/mol. The maximum absolute atomic E-state index is 5.30. The van der Waals surface area contributed by atoms with Crippen LogP contribution in [0.3, 0.4) is 0 Å². The number of aromatic nitrogens is 3. The van der Waals surface area contributed by atoms with E-state index in [1.165, 1.54) is 79.2 Å². The van der Waals surface area contributed by atoms with Crippen molar-refractivity contribution in [1.29, 1.82) is 0 Å². The molecule has 4 heteroatoms. The lowest BCUT2D eigenvalue weighted by Gasteiger charge is -2.35. The molecule has 9 aromatic rings. The van der Waals surface area contributed by atoms with Crippen molar-refractivity contribution in [3.63, 3.8) is 0 Å². The van der Waals surface area contributed by atoms with Gasteiger partial charge in [-0.15, -0.1) is 11.3 Å². The molecule has 0 radical (unpaired) electrons. The number of thiophene rings is 1. The number of fused-ring (bicyclic) bond motifs is 6. The Morgan fingerprint density at radius 1 is 0.531 bits per heavy atom. The molecular formula is C60H49N3S. The van der Waals surface area contributed by atoms with Crippen molar-refractivity contribution in [2.24, 2.45) is 5.92 Å². The lowest BCUT2D eigenvalue weighted by molar-refractivity contribution is 0.233. The van der Waals surface area contributed by atoms with E-state index >= 15 is 0 Å². The maximum atomic E-state index is 5.30. The van der Waals surface area contributed by atoms with Crippen molar-refractivity contribution in [2.45, 2.75) is 63.2 Å². The molecule has 3 aliphatic rings. The lowest BCUT2D eigenvalue weighted by atomic mass is 9.69. The Hall–Kier alpha value is -6.75. The summed E-state index contributed by atoms with van der Waals surface area (Å²) in [5.74, 6) is 3.83. The first-order valence-electron chi connectivity index (χ1n) is 23.0. The number of hydrogen-bond donors (Lipinski definition) is 0. The van der Waals surface area contributed by atoms with Gasteiger partial charge >= 0.3 is 0 Å². The van der Waals surface area contributed by atoms with Crippen molar-refractivity contribution in [1.82, 2.24) is 15.0 Å². The second kappa shape index (κ2) is 15.8. The van der Waals surface area contributed by atoms with Crippen LogP contribution in [0.4, 0.5) is 0 Å². The third kappa shape index (κ3) is 6.83. The molecule has 3 nitrogen and oxygen atoms in total. The molecule has 1 fully saturated rings. The molecule has 0 N–H and O–H groups in total. The minimum absolute atomic E-state index is 0.205. The van der Waals surface area contributed by atoms with E-state index in [4.69, 9.17) is 15.0 Å². The van der Waals surface area contributed by atoms with Gasteiger partial charge in [-0.3, -0.25) is 0 Å². The van der Waals surface area contributed by atoms with E-state index in [0.717, 1.165) is 40.4 Å². The van der Waals surface area contributed by atoms with E-state index in [0.29, 0.717) is 17.6 Å². The topological polar surface area (TPSA) is 38.7 Å². The maximum Gasteiger partial charge on any atom is 0.164 e. The first-order valence-corrected chi connectivity index (χ1v) is 23.8. The summed E-state index contributed by atoms with van der Waals surface area (Å²) in [5, 5.41) is 2.55. The number of nitrogens with zero attached hydrogens (tertiary/aromatic N) is 3. The second-order valence-corrected chi connectivity index (χ2v) is 19.7. The minimum Gasteiger partial charge on any atom is -0.209 e. The molecule has 7 aromatic carbocycles. The molecule has 0 amide bonds. The van der Waals surface area contributed by atoms with Crippen LogP contribution in [0.25, 0.3) is 81.9 Å². The van der Waals surface area contributed by atoms with Gasteiger partial charge in [0.1, 0.15) is 0 Å². The summed E-state index contributed by atoms with van der Waals surface area (Å²) in [7, 11) is 0. The lowest BCUT2D eigenvalue weighted by Crippen LogP contribution is -2.28. The summed E-state index contributed by atoms with van der Waals surface area (Å²) in [5.41, 5.74) is 15.1. The fourth-order valence-corrected chi connectivity index (χ4v) is 12.4. The van der Waals surface area contributed by atoms with Gasteiger partial charge in [-0.25, -0.2) is 15.0 Å². The molecule has 2 aromatic heterocycles. The van der Waals surface area contributed by atoms with Crippen LogP contribution < -0.4 is 0 Å². The van der Waals surface area contributed by atoms with Crippen LogP contribution in [-0.4, -0.2) is 15.0 Å². The fraction of sp³-hybridized carbons (Fsp3) is 0.183. The Bertz CT molecular complexity index is 3290. The summed E-state index contributed by atoms with van der Waals surface area (Å²) in [6, 6.07) is 59.7. The van der Waals surface area contributed by atoms with Gasteiger partial charge in [-0.05, 0) is 116 Å². The zero-order valence-electron chi connectivity index (χ0n) is 36.3. The number of rotatable bonds is 7. The Morgan fingerprint density at radius 2 is 1.19 bits per heavy atom. The van der Waals surface area contributed by atoms with Crippen LogP contribution in [-0.2, 0) is 5.41 Å². The van der Waals surface area contributed by atoms with Crippen molar-refractivity contribution in [2.75, 3.05) is 0 Å². The Balaban J connectivity index is 0.898. The molecule has 310 valence electrons. The fourth-order valence-electron chi connectivity index (χ4n) is 11.2. The quantitative estimate of drug-likeness (QED) is 0.160. The van der Waals surface area contributed by atoms with Crippen LogP contribution in [0.15, 0.2) is 182 Å². The van der Waals surface area contributed by atoms with Gasteiger partial charge in [0, 0.05) is 37.2 Å². The van der Waals surface area contributed by atoms with Crippen LogP contribution in [0.2, 0.25) is 0 Å². The molecule has 0 saturated heterocycles. The molecule has 0 spiro atoms. The van der Waals surface area contributed by atoms with E-state index in [1.807, 2.05) is 17.4 Å². The summed E-state index contributed by atoms with van der Waals surface area (Å²) >= 11 is 1.86. The standard InChI is InChI=1S/C60H49N3S/c1-60(2)52-24-10-9-22-49(52)50-32-30-44(37-53(50)60)42-18-11-20-46(34-42)58-61-57(41-16-7-4-8-17-41)62-59(63-58)47-21-12-19-45(35-47)48-23-13-25-55-56(48)51-36-43(31-33-54(51)64-55)40-28-26-39(27-29-40)38-14-5-3-6-15-38/h3-8,11-21,23,25-33,35-37,42,49,52H,9-10,22,24,34H2,1-2H3. The molecule has 64 heavy (non-hydrogen) atoms. The van der Waals surface area contributed by atoms with E-state index in [-0.39, 0.29) is 11.3 Å². The molecule has 1 saturated carbocycles. The molecule has 12 rings (SSSR count). The number of allylic oxidation sites excluding steroid dienone is 4. The smallest absolute Gasteiger partial charge is 0.164 e. The molecule has 0 bridgehead atoms. The van der Waals surface area contributed by atoms with Crippen molar-refractivity contribution in [3.05, 3.63) is 205 Å². The third-order valence-corrected chi connectivity index (χ3v) is 15.7. The zero-order chi connectivity index (χ0) is 42.8. The highest BCUT2D eigenvalue weighted by atomic mass is 32.1. The molecule has 3 aliphatic carbocycles. The molecular weight excluding hydrogens is 795 g/mol. The molecule has 0 aliphatic heterocycles. The summed E-state index contributed by atoms with van der Waals surface area (Å²) in [6.07, 6.45) is 13.0. The van der Waals surface area contributed by atoms with Crippen LogP contribution in [0.1, 0.15) is 80.3 Å². The van der Waals surface area contributed by atoms with Crippen LogP contribution in [0, 0.1) is 5.92 Å². The van der Waals surface area contributed by atoms with Gasteiger partial charge in [0.05, 0.1) is 0 Å². The first-order chi connectivity index (χ1) is 31.4. The summed E-state index contributed by atoms with van der Waals surface area (Å²) < 4.78 is 2.56. The SMILES string of the molecule is CC1(C)c2cc(C3C=CC=C(c4nc(-c5ccccc5)nc(-c5cccc(-c6cccc7sc8ccc(-c9ccc(-c%10ccccc%10)cc9)cc8c67)c5)n4)C3)ccc2C2CCCCC21. The normalized spacial score (nSPS) is 18.8. The van der Waals surface area contributed by atoms with Crippen molar-refractivity contribution < 1.29 is 0 Å². The van der Waals surface area contributed by atoms with E-state index in [1.54, 1.807) is 11.1 Å². The van der Waals surface area contributed by atoms with Crippen molar-refractivity contribution >= 4 is 37.1 Å². The highest BCUT2D eigenvalue weighted by Crippen LogP contribution is 2.57. The molecule has 3 unspecified atom stereocenters. The number of hydrogen-bond acceptors (Lipinski definition) is 4. The van der Waals surface area contributed by atoms with Gasteiger partial charge in [-0.1, -0.05) is 184 Å². The molecule has 3 atom stereocenters. The van der Waals surface area contributed by atoms with Gasteiger partial charge in [0.2, 0.25) is 0 Å². The van der Waals surface area contributed by atoms with Gasteiger partial charge in [0.15, 0.2) is 17.5 Å². The monoisotopic (exact) mass is 843 g/mol. The zero-order valence-corrected chi connectivity index (χ0v) is 37.2. The first kappa shape index (κ1) is 38.9. The van der Waals surface area contributed by atoms with E-state index in [9.17, 15) is 0 Å². The van der Waals surface area contributed by atoms with Gasteiger partial charge in [-0.2, -0.15) is 0 Å². The predicted molar refractivity (Wildman–Crippen MR) is 269 cm³/mol. The summed E-state index contributed by atoms with van der Waals surface area (Å²) in [4.78, 5) is 15.7. The van der Waals surface area contributed by atoms with Crippen molar-refractivity contribution in [3.8, 4) is 56.2 Å². The predicted octanol–water partition coefficient (Wildman–Crippen LogP) is 16.3. The second-order valence-electron chi connectivity index (χ2n) is 18.6. The van der Waals surface area contributed by atoms with Gasteiger partial charge < -0.3 is 0 Å². The highest BCUT2D eigenvalue weighted by molar-refractivity contribution is 7.26. The average Bonchev–Trinajstić information content (AvgIpc) is 3.85. The third-order valence-electron chi connectivity index (χ3n) is 14.6. The summed E-state index contributed by atoms with van der Waals surface area (Å²) in [6.45, 7) is 4.98. The van der Waals surface area contributed by atoms with Gasteiger partial charge in [0.25, 0.3) is 0 Å². The van der Waals surface area contributed by atoms with Crippen LogP contribution >= 0.6 is 11.3 Å². The Morgan fingerprint density at radius 3 is 2.00 bits per heavy atom. The highest BCUT2D eigenvalue weighted by Gasteiger charge is 2.46. The number of benzene rings is 7. The largest absolute Gasteiger partial charge is 0.209 e. The van der Waals surface area contributed by atoms with E-state index < -0.39 is 0 Å². The Kier molecular flexibility index (Phi) is 9.60. The minimum atomic E-state index is 0.205. The van der Waals surface area contributed by atoms with Crippen LogP contribution in [0.5, 0.6) is 0 Å². The molecule has 2 heterocycles.